The normalized spacial score (nSPS) is 19.7. The Morgan fingerprint density at radius 3 is 2.55 bits per heavy atom. The van der Waals surface area contributed by atoms with E-state index in [0.29, 0.717) is 5.56 Å². The summed E-state index contributed by atoms with van der Waals surface area (Å²) in [6.45, 7) is 6.77. The van der Waals surface area contributed by atoms with Gasteiger partial charge in [0.2, 0.25) is 0 Å². The molecule has 31 heavy (non-hydrogen) atoms. The highest BCUT2D eigenvalue weighted by Gasteiger charge is 2.33. The van der Waals surface area contributed by atoms with E-state index in [2.05, 4.69) is 37.4 Å². The fourth-order valence-corrected chi connectivity index (χ4v) is 5.68. The van der Waals surface area contributed by atoms with Crippen molar-refractivity contribution in [2.45, 2.75) is 39.2 Å². The van der Waals surface area contributed by atoms with Gasteiger partial charge in [-0.15, -0.1) is 11.3 Å². The number of piperidine rings is 1. The van der Waals surface area contributed by atoms with Gasteiger partial charge in [-0.1, -0.05) is 55.8 Å². The SMILES string of the molecule is CCc1cc([C@@H](c2cccc(Cl)c2)[NH+]2CCC(C)CC2)c(NC(=O)c2ccccc2)s1. The van der Waals surface area contributed by atoms with Gasteiger partial charge in [0, 0.05) is 26.6 Å². The molecule has 1 saturated heterocycles. The predicted molar refractivity (Wildman–Crippen MR) is 130 cm³/mol. The number of benzene rings is 2. The number of amides is 1. The number of anilines is 1. The minimum Gasteiger partial charge on any atom is -0.325 e. The van der Waals surface area contributed by atoms with Crippen LogP contribution in [0.4, 0.5) is 5.00 Å². The van der Waals surface area contributed by atoms with Crippen molar-refractivity contribution in [1.82, 2.24) is 0 Å². The van der Waals surface area contributed by atoms with Gasteiger partial charge in [-0.05, 0) is 55.5 Å². The van der Waals surface area contributed by atoms with E-state index < -0.39 is 0 Å². The van der Waals surface area contributed by atoms with Gasteiger partial charge in [0.15, 0.2) is 0 Å². The van der Waals surface area contributed by atoms with Gasteiger partial charge in [0.25, 0.3) is 5.91 Å². The van der Waals surface area contributed by atoms with Crippen LogP contribution in [-0.4, -0.2) is 19.0 Å². The summed E-state index contributed by atoms with van der Waals surface area (Å²) in [7, 11) is 0. The number of rotatable bonds is 6. The number of nitrogens with one attached hydrogen (secondary N) is 2. The molecule has 2 aromatic carbocycles. The second-order valence-corrected chi connectivity index (χ2v) is 10.1. The Bertz CT molecular complexity index is 1020. The van der Waals surface area contributed by atoms with E-state index in [1.54, 1.807) is 16.2 Å². The number of aryl methyl sites for hydroxylation is 1. The van der Waals surface area contributed by atoms with Crippen molar-refractivity contribution in [2.75, 3.05) is 18.4 Å². The quantitative estimate of drug-likeness (QED) is 0.499. The van der Waals surface area contributed by atoms with Crippen LogP contribution in [0.25, 0.3) is 0 Å². The molecule has 1 aliphatic heterocycles. The maximum Gasteiger partial charge on any atom is 0.256 e. The predicted octanol–water partition coefficient (Wildman–Crippen LogP) is 5.62. The van der Waals surface area contributed by atoms with Crippen molar-refractivity contribution in [1.29, 1.82) is 0 Å². The zero-order valence-electron chi connectivity index (χ0n) is 18.2. The Morgan fingerprint density at radius 2 is 1.87 bits per heavy atom. The monoisotopic (exact) mass is 453 g/mol. The molecule has 1 aromatic heterocycles. The van der Waals surface area contributed by atoms with Crippen molar-refractivity contribution in [3.8, 4) is 0 Å². The minimum absolute atomic E-state index is 0.0570. The molecule has 0 radical (unpaired) electrons. The van der Waals surface area contributed by atoms with Gasteiger partial charge in [-0.3, -0.25) is 4.79 Å². The summed E-state index contributed by atoms with van der Waals surface area (Å²) in [5, 5.41) is 4.95. The Morgan fingerprint density at radius 1 is 1.13 bits per heavy atom. The summed E-state index contributed by atoms with van der Waals surface area (Å²) in [4.78, 5) is 15.8. The standard InChI is InChI=1S/C26H29ClN2OS/c1-3-22-17-23(26(31-22)28-25(30)19-8-5-4-6-9-19)24(20-10-7-11-21(27)16-20)29-14-12-18(2)13-15-29/h4-11,16-18,24H,3,12-15H2,1-2H3,(H,28,30)/p+1/t24-/m1/s1. The molecular formula is C26H30ClN2OS+. The zero-order valence-corrected chi connectivity index (χ0v) is 19.7. The topological polar surface area (TPSA) is 33.5 Å². The Labute approximate surface area is 194 Å². The number of carbonyl (C=O) groups excluding carboxylic acids is 1. The summed E-state index contributed by atoms with van der Waals surface area (Å²) >= 11 is 8.09. The molecule has 1 amide bonds. The van der Waals surface area contributed by atoms with Gasteiger partial charge in [0.05, 0.1) is 13.1 Å². The van der Waals surface area contributed by atoms with Gasteiger partial charge < -0.3 is 10.2 Å². The first-order valence-corrected chi connectivity index (χ1v) is 12.3. The molecule has 0 spiro atoms. The molecule has 0 aliphatic carbocycles. The van der Waals surface area contributed by atoms with Gasteiger partial charge >= 0.3 is 0 Å². The van der Waals surface area contributed by atoms with Crippen LogP contribution in [0.1, 0.15) is 59.1 Å². The molecule has 3 aromatic rings. The van der Waals surface area contributed by atoms with E-state index in [4.69, 9.17) is 11.6 Å². The van der Waals surface area contributed by atoms with E-state index in [0.717, 1.165) is 35.5 Å². The maximum absolute atomic E-state index is 13.0. The number of quaternary nitrogens is 1. The average Bonchev–Trinajstić information content (AvgIpc) is 3.18. The number of carbonyl (C=O) groups is 1. The number of halogens is 1. The third kappa shape index (κ3) is 5.20. The third-order valence-electron chi connectivity index (χ3n) is 6.24. The summed E-state index contributed by atoms with van der Waals surface area (Å²) in [5.74, 6) is 0.716. The molecule has 1 aliphatic rings. The van der Waals surface area contributed by atoms with E-state index in [-0.39, 0.29) is 11.9 Å². The lowest BCUT2D eigenvalue weighted by molar-refractivity contribution is -0.931. The third-order valence-corrected chi connectivity index (χ3v) is 7.69. The first kappa shape index (κ1) is 22.1. The second kappa shape index (κ2) is 9.99. The molecule has 0 unspecified atom stereocenters. The van der Waals surface area contributed by atoms with Crippen LogP contribution in [0, 0.1) is 5.92 Å². The van der Waals surface area contributed by atoms with Gasteiger partial charge in [0.1, 0.15) is 11.0 Å². The number of hydrogen-bond acceptors (Lipinski definition) is 2. The van der Waals surface area contributed by atoms with Gasteiger partial charge in [-0.25, -0.2) is 0 Å². The van der Waals surface area contributed by atoms with Crippen molar-refractivity contribution in [3.63, 3.8) is 0 Å². The van der Waals surface area contributed by atoms with Crippen LogP contribution in [0.5, 0.6) is 0 Å². The van der Waals surface area contributed by atoms with Crippen molar-refractivity contribution in [3.05, 3.63) is 87.3 Å². The van der Waals surface area contributed by atoms with Crippen LogP contribution >= 0.6 is 22.9 Å². The molecule has 2 heterocycles. The van der Waals surface area contributed by atoms with Crippen LogP contribution in [0.3, 0.4) is 0 Å². The average molecular weight is 454 g/mol. The van der Waals surface area contributed by atoms with E-state index in [1.165, 1.54) is 28.8 Å². The molecule has 2 N–H and O–H groups in total. The molecule has 3 nitrogen and oxygen atoms in total. The van der Waals surface area contributed by atoms with Crippen molar-refractivity contribution < 1.29 is 9.69 Å². The molecule has 4 rings (SSSR count). The Hall–Kier alpha value is -2.14. The fourth-order valence-electron chi connectivity index (χ4n) is 4.45. The summed E-state index contributed by atoms with van der Waals surface area (Å²) in [6.07, 6.45) is 3.40. The Balaban J connectivity index is 1.73. The van der Waals surface area contributed by atoms with Crippen LogP contribution in [0.15, 0.2) is 60.7 Å². The van der Waals surface area contributed by atoms with Crippen molar-refractivity contribution >= 4 is 33.8 Å². The smallest absolute Gasteiger partial charge is 0.256 e. The summed E-state index contributed by atoms with van der Waals surface area (Å²) in [6, 6.07) is 20.1. The number of hydrogen-bond donors (Lipinski definition) is 2. The van der Waals surface area contributed by atoms with E-state index in [9.17, 15) is 4.79 Å². The fraction of sp³-hybridized carbons (Fsp3) is 0.346. The lowest BCUT2D eigenvalue weighted by Crippen LogP contribution is -3.13. The summed E-state index contributed by atoms with van der Waals surface area (Å²) in [5.41, 5.74) is 3.10. The largest absolute Gasteiger partial charge is 0.325 e. The lowest BCUT2D eigenvalue weighted by atomic mass is 9.92. The lowest BCUT2D eigenvalue weighted by Gasteiger charge is -2.34. The maximum atomic E-state index is 13.0. The summed E-state index contributed by atoms with van der Waals surface area (Å²) < 4.78 is 0. The van der Waals surface area contributed by atoms with Crippen LogP contribution in [-0.2, 0) is 6.42 Å². The Kier molecular flexibility index (Phi) is 7.11. The first-order valence-electron chi connectivity index (χ1n) is 11.1. The minimum atomic E-state index is -0.0570. The highest BCUT2D eigenvalue weighted by Crippen LogP contribution is 2.36. The number of likely N-dealkylation sites (tertiary alicyclic amines) is 1. The second-order valence-electron chi connectivity index (χ2n) is 8.50. The van der Waals surface area contributed by atoms with E-state index in [1.807, 2.05) is 42.5 Å². The van der Waals surface area contributed by atoms with Crippen molar-refractivity contribution in [2.24, 2.45) is 5.92 Å². The molecule has 0 bridgehead atoms. The zero-order chi connectivity index (χ0) is 21.8. The molecular weight excluding hydrogens is 424 g/mol. The van der Waals surface area contributed by atoms with E-state index >= 15 is 0 Å². The molecule has 1 fully saturated rings. The molecule has 0 saturated carbocycles. The molecule has 5 heteroatoms. The number of thiophene rings is 1. The highest BCUT2D eigenvalue weighted by atomic mass is 35.5. The molecule has 162 valence electrons. The highest BCUT2D eigenvalue weighted by molar-refractivity contribution is 7.16. The van der Waals surface area contributed by atoms with Crippen LogP contribution in [0.2, 0.25) is 5.02 Å². The van der Waals surface area contributed by atoms with Crippen LogP contribution < -0.4 is 10.2 Å². The van der Waals surface area contributed by atoms with Gasteiger partial charge in [-0.2, -0.15) is 0 Å². The molecule has 1 atom stereocenters. The first-order chi connectivity index (χ1) is 15.0.